The van der Waals surface area contributed by atoms with Crippen molar-refractivity contribution in [2.24, 2.45) is 0 Å². The molecule has 0 atom stereocenters. The van der Waals surface area contributed by atoms with Crippen LogP contribution in [0.1, 0.15) is 31.7 Å². The summed E-state index contributed by atoms with van der Waals surface area (Å²) in [5.74, 6) is 4.90. The summed E-state index contributed by atoms with van der Waals surface area (Å²) in [4.78, 5) is 11.5. The van der Waals surface area contributed by atoms with Crippen molar-refractivity contribution in [3.8, 4) is 11.8 Å². The highest BCUT2D eigenvalue weighted by Gasteiger charge is 2.06. The summed E-state index contributed by atoms with van der Waals surface area (Å²) in [6.07, 6.45) is 2.21. The molecule has 1 aromatic rings. The fourth-order valence-electron chi connectivity index (χ4n) is 1.46. The van der Waals surface area contributed by atoms with Gasteiger partial charge in [0.05, 0.1) is 12.3 Å². The molecule has 0 bridgehead atoms. The molecule has 0 radical (unpaired) electrons. The number of carbonyl (C=O) groups excluding carboxylic acids is 1. The van der Waals surface area contributed by atoms with Crippen LogP contribution in [0, 0.1) is 17.7 Å². The number of aliphatic hydroxyl groups is 1. The molecular weight excluding hydrogens is 259 g/mol. The summed E-state index contributed by atoms with van der Waals surface area (Å²) in [5, 5.41) is 13.7. The molecule has 0 aliphatic heterocycles. The Bertz CT molecular complexity index is 506. The number of carbonyl (C=O) groups is 1. The highest BCUT2D eigenvalue weighted by Crippen LogP contribution is 2.15. The van der Waals surface area contributed by atoms with E-state index in [-0.39, 0.29) is 12.3 Å². The molecule has 0 unspecified atom stereocenters. The average Bonchev–Trinajstić information content (AvgIpc) is 2.42. The number of anilines is 1. The van der Waals surface area contributed by atoms with Gasteiger partial charge in [-0.15, -0.1) is 0 Å². The number of unbranched alkanes of at least 4 members (excludes halogenated alkanes) is 1. The Labute approximate surface area is 118 Å². The van der Waals surface area contributed by atoms with Crippen LogP contribution in [-0.2, 0) is 0 Å². The standard InChI is InChI=1S/C15H19FN2O2/c1-2-3-9-17-15(20)18-14-8-7-12(11-13(14)16)6-4-5-10-19/h7-8,11,19H,2-3,5,9-10H2,1H3,(H2,17,18,20). The molecular formula is C15H19FN2O2. The summed E-state index contributed by atoms with van der Waals surface area (Å²) in [5.41, 5.74) is 0.625. The predicted molar refractivity (Wildman–Crippen MR) is 76.9 cm³/mol. The lowest BCUT2D eigenvalue weighted by molar-refractivity contribution is 0.252. The van der Waals surface area contributed by atoms with Crippen molar-refractivity contribution in [2.45, 2.75) is 26.2 Å². The van der Waals surface area contributed by atoms with E-state index in [2.05, 4.69) is 22.5 Å². The highest BCUT2D eigenvalue weighted by atomic mass is 19.1. The maximum Gasteiger partial charge on any atom is 0.319 e. The summed E-state index contributed by atoms with van der Waals surface area (Å²) >= 11 is 0. The third-order valence-electron chi connectivity index (χ3n) is 2.50. The zero-order valence-corrected chi connectivity index (χ0v) is 11.5. The molecule has 5 heteroatoms. The lowest BCUT2D eigenvalue weighted by Crippen LogP contribution is -2.29. The zero-order valence-electron chi connectivity index (χ0n) is 11.5. The van der Waals surface area contributed by atoms with Crippen LogP contribution < -0.4 is 10.6 Å². The minimum Gasteiger partial charge on any atom is -0.395 e. The normalized spacial score (nSPS) is 9.55. The minimum absolute atomic E-state index is 0.0208. The quantitative estimate of drug-likeness (QED) is 0.572. The molecule has 0 saturated carbocycles. The van der Waals surface area contributed by atoms with E-state index in [4.69, 9.17) is 5.11 Å². The minimum atomic E-state index is -0.536. The van der Waals surface area contributed by atoms with Gasteiger partial charge in [-0.05, 0) is 24.6 Å². The number of hydrogen-bond donors (Lipinski definition) is 3. The molecule has 4 nitrogen and oxygen atoms in total. The average molecular weight is 278 g/mol. The molecule has 0 fully saturated rings. The van der Waals surface area contributed by atoms with Crippen molar-refractivity contribution in [3.05, 3.63) is 29.6 Å². The van der Waals surface area contributed by atoms with Gasteiger partial charge in [-0.3, -0.25) is 0 Å². The molecule has 0 heterocycles. The fraction of sp³-hybridized carbons (Fsp3) is 0.400. The topological polar surface area (TPSA) is 61.4 Å². The molecule has 0 aromatic heterocycles. The lowest BCUT2D eigenvalue weighted by atomic mass is 10.2. The van der Waals surface area contributed by atoms with Crippen molar-refractivity contribution in [2.75, 3.05) is 18.5 Å². The number of amides is 2. The summed E-state index contributed by atoms with van der Waals surface area (Å²) < 4.78 is 13.7. The van der Waals surface area contributed by atoms with Gasteiger partial charge in [0.1, 0.15) is 5.82 Å². The molecule has 0 saturated heterocycles. The van der Waals surface area contributed by atoms with Gasteiger partial charge in [0.15, 0.2) is 0 Å². The van der Waals surface area contributed by atoms with Crippen LogP contribution in [0.2, 0.25) is 0 Å². The highest BCUT2D eigenvalue weighted by molar-refractivity contribution is 5.89. The van der Waals surface area contributed by atoms with E-state index in [0.717, 1.165) is 12.8 Å². The number of urea groups is 1. The molecule has 1 rings (SSSR count). The monoisotopic (exact) mass is 278 g/mol. The van der Waals surface area contributed by atoms with E-state index >= 15 is 0 Å². The van der Waals surface area contributed by atoms with Crippen molar-refractivity contribution < 1.29 is 14.3 Å². The van der Waals surface area contributed by atoms with Gasteiger partial charge < -0.3 is 15.7 Å². The molecule has 0 aliphatic carbocycles. The Morgan fingerprint density at radius 2 is 2.25 bits per heavy atom. The third-order valence-corrected chi connectivity index (χ3v) is 2.50. The van der Waals surface area contributed by atoms with Crippen molar-refractivity contribution in [1.82, 2.24) is 5.32 Å². The molecule has 108 valence electrons. The second-order valence-electron chi connectivity index (χ2n) is 4.20. The third kappa shape index (κ3) is 5.72. The van der Waals surface area contributed by atoms with Gasteiger partial charge in [0.2, 0.25) is 0 Å². The number of aliphatic hydroxyl groups excluding tert-OH is 1. The van der Waals surface area contributed by atoms with Crippen LogP contribution >= 0.6 is 0 Å². The molecule has 0 spiro atoms. The van der Waals surface area contributed by atoms with Crippen molar-refractivity contribution in [1.29, 1.82) is 0 Å². The predicted octanol–water partition coefficient (Wildman–Crippen LogP) is 2.48. The second kappa shape index (κ2) is 8.94. The Hall–Kier alpha value is -2.06. The summed E-state index contributed by atoms with van der Waals surface area (Å²) in [7, 11) is 0. The van der Waals surface area contributed by atoms with Crippen LogP contribution in [0.15, 0.2) is 18.2 Å². The summed E-state index contributed by atoms with van der Waals surface area (Å²) in [6, 6.07) is 3.93. The van der Waals surface area contributed by atoms with Gasteiger partial charge in [-0.2, -0.15) is 0 Å². The maximum atomic E-state index is 13.7. The fourth-order valence-corrected chi connectivity index (χ4v) is 1.46. The first-order chi connectivity index (χ1) is 9.67. The number of nitrogens with one attached hydrogen (secondary N) is 2. The van der Waals surface area contributed by atoms with Crippen LogP contribution in [-0.4, -0.2) is 24.3 Å². The van der Waals surface area contributed by atoms with Crippen molar-refractivity contribution >= 4 is 11.7 Å². The number of rotatable bonds is 5. The zero-order chi connectivity index (χ0) is 14.8. The van der Waals surface area contributed by atoms with Crippen LogP contribution in [0.3, 0.4) is 0 Å². The van der Waals surface area contributed by atoms with Crippen LogP contribution in [0.4, 0.5) is 14.9 Å². The van der Waals surface area contributed by atoms with E-state index in [1.165, 1.54) is 12.1 Å². The van der Waals surface area contributed by atoms with Gasteiger partial charge in [-0.1, -0.05) is 25.2 Å². The SMILES string of the molecule is CCCCNC(=O)Nc1ccc(C#CCCO)cc1F. The Kier molecular flexibility index (Phi) is 7.15. The van der Waals surface area contributed by atoms with Gasteiger partial charge >= 0.3 is 6.03 Å². The maximum absolute atomic E-state index is 13.7. The number of benzene rings is 1. The van der Waals surface area contributed by atoms with Gasteiger partial charge in [0, 0.05) is 18.5 Å². The summed E-state index contributed by atoms with van der Waals surface area (Å²) in [6.45, 7) is 2.57. The van der Waals surface area contributed by atoms with E-state index < -0.39 is 11.8 Å². The van der Waals surface area contributed by atoms with E-state index in [9.17, 15) is 9.18 Å². The van der Waals surface area contributed by atoms with Crippen molar-refractivity contribution in [3.63, 3.8) is 0 Å². The number of halogens is 1. The van der Waals surface area contributed by atoms with E-state index in [0.29, 0.717) is 18.5 Å². The van der Waals surface area contributed by atoms with Crippen LogP contribution in [0.25, 0.3) is 0 Å². The van der Waals surface area contributed by atoms with Gasteiger partial charge in [-0.25, -0.2) is 9.18 Å². The second-order valence-corrected chi connectivity index (χ2v) is 4.20. The Balaban J connectivity index is 2.60. The van der Waals surface area contributed by atoms with E-state index in [1.54, 1.807) is 6.07 Å². The van der Waals surface area contributed by atoms with Crippen LogP contribution in [0.5, 0.6) is 0 Å². The first kappa shape index (κ1) is 16.0. The largest absolute Gasteiger partial charge is 0.395 e. The number of hydrogen-bond acceptors (Lipinski definition) is 2. The smallest absolute Gasteiger partial charge is 0.319 e. The molecule has 1 aromatic carbocycles. The first-order valence-electron chi connectivity index (χ1n) is 6.61. The first-order valence-corrected chi connectivity index (χ1v) is 6.61. The lowest BCUT2D eigenvalue weighted by Gasteiger charge is -2.08. The molecule has 0 aliphatic rings. The van der Waals surface area contributed by atoms with E-state index in [1.807, 2.05) is 6.92 Å². The van der Waals surface area contributed by atoms with Gasteiger partial charge in [0.25, 0.3) is 0 Å². The Morgan fingerprint density at radius 1 is 1.45 bits per heavy atom. The molecule has 3 N–H and O–H groups in total. The molecule has 2 amide bonds. The Morgan fingerprint density at radius 3 is 2.90 bits per heavy atom. The molecule has 20 heavy (non-hydrogen) atoms.